The lowest BCUT2D eigenvalue weighted by atomic mass is 10.0. The van der Waals surface area contributed by atoms with Crippen molar-refractivity contribution in [3.05, 3.63) is 60.8 Å². The third-order valence-electron chi connectivity index (χ3n) is 12.9. The molecule has 0 rings (SSSR count). The van der Waals surface area contributed by atoms with Crippen LogP contribution in [-0.2, 0) is 27.9 Å². The lowest BCUT2D eigenvalue weighted by Crippen LogP contribution is -2.47. The number of unbranched alkanes of at least 4 members (excludes halogenated alkanes) is 29. The summed E-state index contributed by atoms with van der Waals surface area (Å²) in [5, 5.41) is 3.01. The smallest absolute Gasteiger partial charge is 0.306 e. The highest BCUT2D eigenvalue weighted by molar-refractivity contribution is 7.45. The van der Waals surface area contributed by atoms with Gasteiger partial charge in [0, 0.05) is 12.8 Å². The molecule has 0 aromatic carbocycles. The maximum atomic E-state index is 13.5. The number of esters is 1. The molecule has 0 aliphatic rings. The number of hydrogen-bond acceptors (Lipinski definition) is 7. The minimum absolute atomic E-state index is 0.0284. The van der Waals surface area contributed by atoms with Crippen LogP contribution in [0.15, 0.2) is 60.8 Å². The minimum Gasteiger partial charge on any atom is -0.756 e. The van der Waals surface area contributed by atoms with Crippen molar-refractivity contribution in [3.8, 4) is 0 Å². The Morgan fingerprint density at radius 2 is 0.859 bits per heavy atom. The van der Waals surface area contributed by atoms with Gasteiger partial charge in [0.1, 0.15) is 19.3 Å². The Bertz CT molecular complexity index is 1400. The first-order valence-electron chi connectivity index (χ1n) is 29.6. The summed E-state index contributed by atoms with van der Waals surface area (Å²) in [6.45, 7) is 6.79. The molecule has 0 fully saturated rings. The van der Waals surface area contributed by atoms with Crippen molar-refractivity contribution in [2.75, 3.05) is 40.9 Å². The van der Waals surface area contributed by atoms with Gasteiger partial charge >= 0.3 is 5.97 Å². The summed E-state index contributed by atoms with van der Waals surface area (Å²) in [5.74, 6) is -0.572. The zero-order chi connectivity index (χ0) is 52.2. The van der Waals surface area contributed by atoms with Crippen LogP contribution in [0.4, 0.5) is 0 Å². The molecule has 0 heterocycles. The molecule has 9 nitrogen and oxygen atoms in total. The third kappa shape index (κ3) is 52.4. The van der Waals surface area contributed by atoms with E-state index in [4.69, 9.17) is 13.8 Å². The van der Waals surface area contributed by atoms with E-state index in [9.17, 15) is 19.0 Å². The summed E-state index contributed by atoms with van der Waals surface area (Å²) in [5.41, 5.74) is 0. The predicted molar refractivity (Wildman–Crippen MR) is 302 cm³/mol. The third-order valence-corrected chi connectivity index (χ3v) is 13.9. The molecule has 0 saturated carbocycles. The first-order valence-corrected chi connectivity index (χ1v) is 31.1. The molecule has 0 aliphatic heterocycles. The van der Waals surface area contributed by atoms with Crippen molar-refractivity contribution in [3.63, 3.8) is 0 Å². The molecule has 71 heavy (non-hydrogen) atoms. The van der Waals surface area contributed by atoms with Crippen LogP contribution < -0.4 is 10.2 Å². The van der Waals surface area contributed by atoms with E-state index < -0.39 is 26.6 Å². The zero-order valence-corrected chi connectivity index (χ0v) is 48.1. The van der Waals surface area contributed by atoms with Crippen LogP contribution in [0.25, 0.3) is 0 Å². The molecule has 0 saturated heterocycles. The van der Waals surface area contributed by atoms with Crippen LogP contribution in [0, 0.1) is 0 Å². The van der Waals surface area contributed by atoms with E-state index in [1.165, 1.54) is 122 Å². The predicted octanol–water partition coefficient (Wildman–Crippen LogP) is 17.3. The highest BCUT2D eigenvalue weighted by Gasteiger charge is 2.27. The monoisotopic (exact) mass is 1020 g/mol. The van der Waals surface area contributed by atoms with Gasteiger partial charge in [0.05, 0.1) is 33.8 Å². The van der Waals surface area contributed by atoms with Crippen molar-refractivity contribution < 1.29 is 37.3 Å². The van der Waals surface area contributed by atoms with Gasteiger partial charge in [0.2, 0.25) is 5.91 Å². The first kappa shape index (κ1) is 68.7. The van der Waals surface area contributed by atoms with Crippen LogP contribution in [-0.4, -0.2) is 69.4 Å². The van der Waals surface area contributed by atoms with Crippen LogP contribution in [0.3, 0.4) is 0 Å². The molecule has 1 amide bonds. The van der Waals surface area contributed by atoms with Crippen molar-refractivity contribution in [2.24, 2.45) is 0 Å². The van der Waals surface area contributed by atoms with Gasteiger partial charge < -0.3 is 28.5 Å². The summed E-state index contributed by atoms with van der Waals surface area (Å²) in [6.07, 6.45) is 63.2. The van der Waals surface area contributed by atoms with Gasteiger partial charge in [-0.05, 0) is 96.0 Å². The van der Waals surface area contributed by atoms with Crippen LogP contribution in [0.5, 0.6) is 0 Å². The number of hydrogen-bond donors (Lipinski definition) is 1. The standard InChI is InChI=1S/C61H113N2O7P/c1-7-10-13-16-19-22-25-28-30-31-32-33-34-35-38-41-44-47-50-53-60(64)62-58(57-69-71(66,67)68-56-55-63(4,5)6)59(52-49-46-43-40-37-27-24-21-18-15-12-9-3)70-61(65)54-51-48-45-42-39-36-29-26-23-20-17-14-11-8-2/h19,22,28,30,32-33,36,39,49,52,58-59H,7-18,20-21,23-27,29,31,34-35,37-38,40-48,50-51,53-57H2,1-6H3,(H-,62,64,66,67)/b22-19-,30-28-,33-32-,39-36-,52-49-. The fourth-order valence-electron chi connectivity index (χ4n) is 8.29. The molecule has 0 aromatic heterocycles. The molecule has 3 atom stereocenters. The molecule has 0 spiro atoms. The summed E-state index contributed by atoms with van der Waals surface area (Å²) in [4.78, 5) is 39.9. The molecular weight excluding hydrogens is 904 g/mol. The second-order valence-electron chi connectivity index (χ2n) is 21.1. The van der Waals surface area contributed by atoms with E-state index in [1.54, 1.807) is 0 Å². The minimum atomic E-state index is -4.70. The van der Waals surface area contributed by atoms with Gasteiger partial charge in [-0.15, -0.1) is 0 Å². The van der Waals surface area contributed by atoms with Crippen molar-refractivity contribution in [1.29, 1.82) is 0 Å². The maximum Gasteiger partial charge on any atom is 0.306 e. The van der Waals surface area contributed by atoms with E-state index in [-0.39, 0.29) is 24.9 Å². The topological polar surface area (TPSA) is 114 Å². The van der Waals surface area contributed by atoms with Gasteiger partial charge in [0.15, 0.2) is 0 Å². The lowest BCUT2D eigenvalue weighted by molar-refractivity contribution is -0.870. The second kappa shape index (κ2) is 51.2. The number of phosphoric ester groups is 1. The van der Waals surface area contributed by atoms with Gasteiger partial charge in [-0.1, -0.05) is 217 Å². The van der Waals surface area contributed by atoms with Crippen molar-refractivity contribution in [2.45, 2.75) is 277 Å². The van der Waals surface area contributed by atoms with Crippen LogP contribution in [0.1, 0.15) is 265 Å². The lowest BCUT2D eigenvalue weighted by Gasteiger charge is -2.30. The largest absolute Gasteiger partial charge is 0.756 e. The number of likely N-dealkylation sites (N-methyl/N-ethyl adjacent to an activating group) is 1. The Balaban J connectivity index is 5.35. The molecular formula is C61H113N2O7P. The molecule has 0 aromatic rings. The number of carbonyl (C=O) groups excluding carboxylic acids is 2. The van der Waals surface area contributed by atoms with Gasteiger partial charge in [-0.3, -0.25) is 14.2 Å². The van der Waals surface area contributed by atoms with Gasteiger partial charge in [-0.2, -0.15) is 0 Å². The number of carbonyl (C=O) groups is 2. The van der Waals surface area contributed by atoms with E-state index in [2.05, 4.69) is 74.7 Å². The average molecular weight is 1020 g/mol. The molecule has 10 heteroatoms. The van der Waals surface area contributed by atoms with Crippen LogP contribution in [0.2, 0.25) is 0 Å². The maximum absolute atomic E-state index is 13.5. The number of ether oxygens (including phenoxy) is 1. The number of quaternary nitrogens is 1. The molecule has 414 valence electrons. The molecule has 3 unspecified atom stereocenters. The van der Waals surface area contributed by atoms with E-state index in [1.807, 2.05) is 33.3 Å². The molecule has 1 N–H and O–H groups in total. The Labute approximate surface area is 439 Å². The quantitative estimate of drug-likeness (QED) is 0.0212. The van der Waals surface area contributed by atoms with E-state index in [0.717, 1.165) is 103 Å². The number of nitrogens with one attached hydrogen (secondary N) is 1. The van der Waals surface area contributed by atoms with Crippen LogP contribution >= 0.6 is 7.82 Å². The number of nitrogens with zero attached hydrogens (tertiary/aromatic N) is 1. The summed E-state index contributed by atoms with van der Waals surface area (Å²) in [7, 11) is 1.17. The first-order chi connectivity index (χ1) is 34.4. The fourth-order valence-corrected chi connectivity index (χ4v) is 9.01. The Morgan fingerprint density at radius 3 is 1.34 bits per heavy atom. The highest BCUT2D eigenvalue weighted by atomic mass is 31.2. The number of rotatable bonds is 53. The summed E-state index contributed by atoms with van der Waals surface area (Å²) in [6, 6.07) is -0.901. The van der Waals surface area contributed by atoms with Crippen molar-refractivity contribution >= 4 is 19.7 Å². The summed E-state index contributed by atoms with van der Waals surface area (Å²) >= 11 is 0. The molecule has 0 aliphatic carbocycles. The Kier molecular flexibility index (Phi) is 49.6. The average Bonchev–Trinajstić information content (AvgIpc) is 3.33. The number of phosphoric acid groups is 1. The normalized spacial score (nSPS) is 14.2. The molecule has 0 radical (unpaired) electrons. The highest BCUT2D eigenvalue weighted by Crippen LogP contribution is 2.38. The number of allylic oxidation sites excluding steroid dienone is 9. The van der Waals surface area contributed by atoms with Crippen molar-refractivity contribution in [1.82, 2.24) is 5.32 Å². The van der Waals surface area contributed by atoms with E-state index in [0.29, 0.717) is 23.9 Å². The SMILES string of the molecule is CCCCC/C=C\C/C=C\C/C=C\CCCCCCCCC(=O)NC(COP(=O)([O-])OCC[N+](C)(C)C)C(/C=C\CCCCCCCCCCCC)OC(=O)CCCCC/C=C\CCCCCCCCC. The molecule has 0 bridgehead atoms. The van der Waals surface area contributed by atoms with E-state index >= 15 is 0 Å². The second-order valence-corrected chi connectivity index (χ2v) is 22.6. The Morgan fingerprint density at radius 1 is 0.493 bits per heavy atom. The fraction of sp³-hybridized carbons (Fsp3) is 0.803. The van der Waals surface area contributed by atoms with Gasteiger partial charge in [-0.25, -0.2) is 0 Å². The Hall–Kier alpha value is -2.29. The summed E-state index contributed by atoms with van der Waals surface area (Å²) < 4.78 is 30.2. The number of amides is 1. The zero-order valence-electron chi connectivity index (χ0n) is 47.2. The van der Waals surface area contributed by atoms with Gasteiger partial charge in [0.25, 0.3) is 7.82 Å².